The first-order valence-corrected chi connectivity index (χ1v) is 8.00. The van der Waals surface area contributed by atoms with Gasteiger partial charge in [-0.15, -0.1) is 11.8 Å². The Morgan fingerprint density at radius 1 is 1.42 bits per heavy atom. The molecule has 0 bridgehead atoms. The summed E-state index contributed by atoms with van der Waals surface area (Å²) in [5, 5.41) is 4.51. The number of aryl methyl sites for hydroxylation is 2. The van der Waals surface area contributed by atoms with Crippen LogP contribution in [-0.4, -0.2) is 9.78 Å². The van der Waals surface area contributed by atoms with Crippen molar-refractivity contribution < 1.29 is 0 Å². The molecule has 1 heterocycles. The molecule has 0 aliphatic rings. The molecule has 1 aromatic carbocycles. The fourth-order valence-electron chi connectivity index (χ4n) is 1.91. The lowest BCUT2D eigenvalue weighted by Gasteiger charge is -2.08. The molecule has 0 unspecified atom stereocenters. The molecule has 0 fully saturated rings. The van der Waals surface area contributed by atoms with Crippen molar-refractivity contribution in [3.05, 3.63) is 39.6 Å². The summed E-state index contributed by atoms with van der Waals surface area (Å²) < 4.78 is 3.09. The molecule has 5 heteroatoms. The van der Waals surface area contributed by atoms with Gasteiger partial charge in [-0.1, -0.05) is 13.0 Å². The minimum Gasteiger partial charge on any atom is -0.398 e. The number of aromatic nitrogens is 2. The standard InChI is InChI=1S/C14H18BrN3S/c1-4-11-14(15)12(18(3)17-11)8-19-13-7-5-6-10(16)9(13)2/h5-7H,4,8,16H2,1-3H3. The molecule has 0 aliphatic carbocycles. The minimum absolute atomic E-state index is 0.850. The van der Waals surface area contributed by atoms with E-state index in [-0.39, 0.29) is 0 Å². The molecule has 3 nitrogen and oxygen atoms in total. The van der Waals surface area contributed by atoms with Gasteiger partial charge in [0, 0.05) is 23.4 Å². The van der Waals surface area contributed by atoms with Crippen molar-refractivity contribution in [2.24, 2.45) is 7.05 Å². The van der Waals surface area contributed by atoms with Crippen LogP contribution < -0.4 is 5.73 Å². The minimum atomic E-state index is 0.850. The fourth-order valence-corrected chi connectivity index (χ4v) is 3.99. The maximum Gasteiger partial charge on any atom is 0.0767 e. The number of hydrogen-bond donors (Lipinski definition) is 1. The molecule has 0 saturated carbocycles. The monoisotopic (exact) mass is 339 g/mol. The molecule has 1 aromatic heterocycles. The van der Waals surface area contributed by atoms with Crippen molar-refractivity contribution in [1.29, 1.82) is 0 Å². The Bertz CT molecular complexity index is 593. The van der Waals surface area contributed by atoms with E-state index in [4.69, 9.17) is 5.73 Å². The normalized spacial score (nSPS) is 10.9. The smallest absolute Gasteiger partial charge is 0.0767 e. The summed E-state index contributed by atoms with van der Waals surface area (Å²) in [5.74, 6) is 0.883. The van der Waals surface area contributed by atoms with Gasteiger partial charge in [0.05, 0.1) is 15.9 Å². The van der Waals surface area contributed by atoms with Crippen LogP contribution in [0, 0.1) is 6.92 Å². The van der Waals surface area contributed by atoms with E-state index in [9.17, 15) is 0 Å². The Morgan fingerprint density at radius 3 is 2.79 bits per heavy atom. The summed E-state index contributed by atoms with van der Waals surface area (Å²) in [5.41, 5.74) is 10.3. The molecule has 19 heavy (non-hydrogen) atoms. The number of benzene rings is 1. The number of thioether (sulfide) groups is 1. The highest BCUT2D eigenvalue weighted by Gasteiger charge is 2.13. The van der Waals surface area contributed by atoms with Crippen LogP contribution in [0.15, 0.2) is 27.6 Å². The molecule has 0 aliphatic heterocycles. The Labute approximate surface area is 126 Å². The highest BCUT2D eigenvalue weighted by molar-refractivity contribution is 9.10. The molecule has 0 spiro atoms. The predicted molar refractivity (Wildman–Crippen MR) is 85.4 cm³/mol. The van der Waals surface area contributed by atoms with E-state index in [1.54, 1.807) is 11.8 Å². The summed E-state index contributed by atoms with van der Waals surface area (Å²) in [6, 6.07) is 6.05. The van der Waals surface area contributed by atoms with Crippen LogP contribution in [0.5, 0.6) is 0 Å². The third kappa shape index (κ3) is 2.98. The van der Waals surface area contributed by atoms with Crippen LogP contribution in [0.4, 0.5) is 5.69 Å². The Hall–Kier alpha value is -0.940. The first-order valence-electron chi connectivity index (χ1n) is 6.22. The quantitative estimate of drug-likeness (QED) is 0.677. The molecule has 2 aromatic rings. The summed E-state index contributed by atoms with van der Waals surface area (Å²) >= 11 is 5.44. The van der Waals surface area contributed by atoms with Gasteiger partial charge in [0.25, 0.3) is 0 Å². The molecular weight excluding hydrogens is 322 g/mol. The number of anilines is 1. The maximum atomic E-state index is 5.93. The number of nitrogens with two attached hydrogens (primary N) is 1. The zero-order chi connectivity index (χ0) is 14.0. The lowest BCUT2D eigenvalue weighted by atomic mass is 10.2. The van der Waals surface area contributed by atoms with Gasteiger partial charge in [-0.2, -0.15) is 5.10 Å². The number of rotatable bonds is 4. The van der Waals surface area contributed by atoms with Gasteiger partial charge in [-0.05, 0) is 47.0 Å². The van der Waals surface area contributed by atoms with Crippen molar-refractivity contribution in [1.82, 2.24) is 9.78 Å². The molecule has 2 N–H and O–H groups in total. The molecule has 102 valence electrons. The zero-order valence-corrected chi connectivity index (χ0v) is 13.8. The summed E-state index contributed by atoms with van der Waals surface area (Å²) in [6.45, 7) is 4.18. The molecule has 0 atom stereocenters. The van der Waals surface area contributed by atoms with Gasteiger partial charge in [-0.3, -0.25) is 4.68 Å². The molecule has 0 saturated heterocycles. The van der Waals surface area contributed by atoms with Gasteiger partial charge in [0.1, 0.15) is 0 Å². The van der Waals surface area contributed by atoms with Crippen LogP contribution >= 0.6 is 27.7 Å². The lowest BCUT2D eigenvalue weighted by molar-refractivity contribution is 0.719. The average Bonchev–Trinajstić information content (AvgIpc) is 2.66. The Morgan fingerprint density at radius 2 is 2.16 bits per heavy atom. The van der Waals surface area contributed by atoms with E-state index in [0.717, 1.165) is 33.6 Å². The molecule has 0 amide bonds. The highest BCUT2D eigenvalue weighted by Crippen LogP contribution is 2.32. The second kappa shape index (κ2) is 6.01. The third-order valence-corrected chi connectivity index (χ3v) is 5.28. The highest BCUT2D eigenvalue weighted by atomic mass is 79.9. The molecule has 0 radical (unpaired) electrons. The SMILES string of the molecule is CCc1nn(C)c(CSc2cccc(N)c2C)c1Br. The van der Waals surface area contributed by atoms with Gasteiger partial charge >= 0.3 is 0 Å². The van der Waals surface area contributed by atoms with Crippen molar-refractivity contribution in [3.8, 4) is 0 Å². The van der Waals surface area contributed by atoms with E-state index in [1.165, 1.54) is 10.6 Å². The summed E-state index contributed by atoms with van der Waals surface area (Å²) in [7, 11) is 1.99. The first-order chi connectivity index (χ1) is 9.04. The Kier molecular flexibility index (Phi) is 4.58. The van der Waals surface area contributed by atoms with E-state index in [1.807, 2.05) is 23.9 Å². The van der Waals surface area contributed by atoms with E-state index in [0.29, 0.717) is 0 Å². The van der Waals surface area contributed by atoms with Gasteiger partial charge < -0.3 is 5.73 Å². The van der Waals surface area contributed by atoms with Crippen molar-refractivity contribution in [2.75, 3.05) is 5.73 Å². The Balaban J connectivity index is 2.19. The maximum absolute atomic E-state index is 5.93. The summed E-state index contributed by atoms with van der Waals surface area (Å²) in [6.07, 6.45) is 0.941. The largest absolute Gasteiger partial charge is 0.398 e. The van der Waals surface area contributed by atoms with Crippen LogP contribution in [0.2, 0.25) is 0 Å². The lowest BCUT2D eigenvalue weighted by Crippen LogP contribution is -1.97. The van der Waals surface area contributed by atoms with Crippen molar-refractivity contribution >= 4 is 33.4 Å². The van der Waals surface area contributed by atoms with Gasteiger partial charge in [-0.25, -0.2) is 0 Å². The topological polar surface area (TPSA) is 43.8 Å². The average molecular weight is 340 g/mol. The second-order valence-corrected chi connectivity index (χ2v) is 6.25. The zero-order valence-electron chi connectivity index (χ0n) is 11.4. The number of halogens is 1. The number of nitrogens with zero attached hydrogens (tertiary/aromatic N) is 2. The second-order valence-electron chi connectivity index (χ2n) is 4.44. The molecular formula is C14H18BrN3S. The van der Waals surface area contributed by atoms with Crippen LogP contribution in [0.1, 0.15) is 23.9 Å². The van der Waals surface area contributed by atoms with Crippen LogP contribution in [0.25, 0.3) is 0 Å². The molecule has 2 rings (SSSR count). The van der Waals surface area contributed by atoms with Gasteiger partial charge in [0.15, 0.2) is 0 Å². The van der Waals surface area contributed by atoms with Crippen molar-refractivity contribution in [3.63, 3.8) is 0 Å². The summed E-state index contributed by atoms with van der Waals surface area (Å²) in [4.78, 5) is 1.23. The van der Waals surface area contributed by atoms with Crippen LogP contribution in [-0.2, 0) is 19.2 Å². The van der Waals surface area contributed by atoms with E-state index < -0.39 is 0 Å². The van der Waals surface area contributed by atoms with Crippen LogP contribution in [0.3, 0.4) is 0 Å². The van der Waals surface area contributed by atoms with Gasteiger partial charge in [0.2, 0.25) is 0 Å². The number of hydrogen-bond acceptors (Lipinski definition) is 3. The van der Waals surface area contributed by atoms with E-state index in [2.05, 4.69) is 40.9 Å². The predicted octanol–water partition coefficient (Wildman–Crippen LogP) is 3.93. The van der Waals surface area contributed by atoms with E-state index >= 15 is 0 Å². The third-order valence-electron chi connectivity index (χ3n) is 3.19. The van der Waals surface area contributed by atoms with Crippen molar-refractivity contribution in [2.45, 2.75) is 30.9 Å². The number of nitrogen functional groups attached to an aromatic ring is 1. The fraction of sp³-hybridized carbons (Fsp3) is 0.357. The first kappa shape index (κ1) is 14.5.